The molecular formula is C60H50BrN15O8S3. The molecule has 0 unspecified atom stereocenters. The molecule has 1 aliphatic rings. The van der Waals surface area contributed by atoms with Crippen LogP contribution in [-0.2, 0) is 4.74 Å². The molecule has 87 heavy (non-hydrogen) atoms. The maximum Gasteiger partial charge on any atom is 0.345 e. The number of halogens is 1. The van der Waals surface area contributed by atoms with Crippen LogP contribution < -0.4 is 31.5 Å². The minimum absolute atomic E-state index is 0.131. The van der Waals surface area contributed by atoms with E-state index in [1.807, 2.05) is 68.4 Å². The Labute approximate surface area is 516 Å². The summed E-state index contributed by atoms with van der Waals surface area (Å²) in [4.78, 5) is 89.7. The fourth-order valence-electron chi connectivity index (χ4n) is 8.38. The lowest BCUT2D eigenvalue weighted by molar-refractivity contribution is 0.0701. The molecule has 6 N–H and O–H groups in total. The minimum atomic E-state index is -1.04. The maximum absolute atomic E-state index is 12.8. The number of carbonyl (C=O) groups excluding carboxylic acids is 5. The predicted molar refractivity (Wildman–Crippen MR) is 337 cm³/mol. The first-order chi connectivity index (χ1) is 42.2. The summed E-state index contributed by atoms with van der Waals surface area (Å²) in [5, 5.41) is 35.3. The number of carboxylic acid groups (broad SMARTS) is 1. The highest BCUT2D eigenvalue weighted by molar-refractivity contribution is 9.10. The van der Waals surface area contributed by atoms with Gasteiger partial charge in [-0.3, -0.25) is 24.0 Å². The van der Waals surface area contributed by atoms with Gasteiger partial charge in [0.25, 0.3) is 29.5 Å². The zero-order valence-corrected chi connectivity index (χ0v) is 50.1. The second-order valence-electron chi connectivity index (χ2n) is 18.8. The van der Waals surface area contributed by atoms with Gasteiger partial charge in [0.05, 0.1) is 54.7 Å². The quantitative estimate of drug-likeness (QED) is 0.0556. The summed E-state index contributed by atoms with van der Waals surface area (Å²) < 4.78 is 11.2. The van der Waals surface area contributed by atoms with E-state index in [9.17, 15) is 28.8 Å². The van der Waals surface area contributed by atoms with Crippen LogP contribution in [0.5, 0.6) is 0 Å². The second kappa shape index (κ2) is 28.0. The van der Waals surface area contributed by atoms with Crippen LogP contribution in [0.1, 0.15) is 69.2 Å². The van der Waals surface area contributed by atoms with Crippen molar-refractivity contribution in [3.63, 3.8) is 0 Å². The lowest BCUT2D eigenvalue weighted by Crippen LogP contribution is -2.36. The molecule has 12 rings (SSSR count). The monoisotopic (exact) mass is 1280 g/mol. The summed E-state index contributed by atoms with van der Waals surface area (Å²) in [6, 6.07) is 42.7. The highest BCUT2D eigenvalue weighted by Crippen LogP contribution is 2.28. The molecule has 0 radical (unpaired) electrons. The lowest BCUT2D eigenvalue weighted by Gasteiger charge is -2.29. The molecule has 6 aromatic heterocycles. The van der Waals surface area contributed by atoms with Crippen LogP contribution in [0.4, 0.5) is 34.1 Å². The van der Waals surface area contributed by atoms with Crippen molar-refractivity contribution in [2.75, 3.05) is 57.8 Å². The Hall–Kier alpha value is -10.3. The van der Waals surface area contributed by atoms with Crippen molar-refractivity contribution in [1.82, 2.24) is 44.3 Å². The van der Waals surface area contributed by atoms with E-state index in [1.165, 1.54) is 31.1 Å². The molecule has 5 amide bonds. The molecule has 0 spiro atoms. The summed E-state index contributed by atoms with van der Waals surface area (Å²) >= 11 is 6.64. The number of hydrogen-bond acceptors (Lipinski definition) is 17. The zero-order valence-electron chi connectivity index (χ0n) is 46.0. The highest BCUT2D eigenvalue weighted by Gasteiger charge is 2.19. The first-order valence-corrected chi connectivity index (χ1v) is 29.6. The van der Waals surface area contributed by atoms with Gasteiger partial charge < -0.3 is 41.3 Å². The van der Waals surface area contributed by atoms with Gasteiger partial charge in [-0.1, -0.05) is 15.9 Å². The van der Waals surface area contributed by atoms with E-state index in [2.05, 4.69) is 83.7 Å². The van der Waals surface area contributed by atoms with E-state index in [-0.39, 0.29) is 34.4 Å². The molecule has 1 fully saturated rings. The van der Waals surface area contributed by atoms with Crippen molar-refractivity contribution < 1.29 is 38.6 Å². The van der Waals surface area contributed by atoms with Crippen LogP contribution in [-0.4, -0.2) is 111 Å². The van der Waals surface area contributed by atoms with Crippen LogP contribution >= 0.6 is 49.9 Å². The molecule has 1 saturated heterocycles. The Morgan fingerprint density at radius 1 is 0.437 bits per heavy atom. The minimum Gasteiger partial charge on any atom is -0.477 e. The normalized spacial score (nSPS) is 11.7. The van der Waals surface area contributed by atoms with Gasteiger partial charge in [-0.15, -0.1) is 34.0 Å². The number of thiophene rings is 3. The highest BCUT2D eigenvalue weighted by atomic mass is 79.9. The van der Waals surface area contributed by atoms with E-state index < -0.39 is 5.97 Å². The smallest absolute Gasteiger partial charge is 0.345 e. The number of aromatic nitrogens is 9. The molecule has 27 heteroatoms. The van der Waals surface area contributed by atoms with Gasteiger partial charge in [0.1, 0.15) is 42.8 Å². The van der Waals surface area contributed by atoms with Crippen molar-refractivity contribution in [3.05, 3.63) is 228 Å². The fourth-order valence-corrected chi connectivity index (χ4v) is 11.2. The van der Waals surface area contributed by atoms with Crippen molar-refractivity contribution >= 4 is 120 Å². The van der Waals surface area contributed by atoms with Gasteiger partial charge in [-0.2, -0.15) is 15.3 Å². The van der Waals surface area contributed by atoms with E-state index >= 15 is 0 Å². The largest absolute Gasteiger partial charge is 0.477 e. The number of ether oxygens (including phenoxy) is 1. The molecule has 0 saturated carbocycles. The number of benzene rings is 5. The number of anilines is 6. The number of aromatic carboxylic acids is 1. The Balaban J connectivity index is 0.000000148. The Kier molecular flexibility index (Phi) is 19.3. The summed E-state index contributed by atoms with van der Waals surface area (Å²) in [7, 11) is 0. The molecule has 0 bridgehead atoms. The first kappa shape index (κ1) is 59.8. The first-order valence-electron chi connectivity index (χ1n) is 26.3. The number of carbonyl (C=O) groups is 6. The average Bonchev–Trinajstić information content (AvgIpc) is 4.24. The van der Waals surface area contributed by atoms with Crippen molar-refractivity contribution in [3.8, 4) is 17.1 Å². The predicted octanol–water partition coefficient (Wildman–Crippen LogP) is 11.2. The third-order valence-electron chi connectivity index (χ3n) is 12.8. The van der Waals surface area contributed by atoms with Gasteiger partial charge in [0.15, 0.2) is 0 Å². The van der Waals surface area contributed by atoms with Crippen molar-refractivity contribution in [2.24, 2.45) is 0 Å². The number of carboxylic acids is 1. The van der Waals surface area contributed by atoms with Crippen molar-refractivity contribution in [2.45, 2.75) is 13.8 Å². The molecule has 0 atom stereocenters. The topological polar surface area (TPSA) is 287 Å². The molecule has 23 nitrogen and oxygen atoms in total. The number of morpholine rings is 1. The second-order valence-corrected chi connectivity index (χ2v) is 23.0. The summed E-state index contributed by atoms with van der Waals surface area (Å²) in [6.07, 6.45) is 9.13. The molecule has 11 aromatic rings. The van der Waals surface area contributed by atoms with Gasteiger partial charge in [0, 0.05) is 51.7 Å². The Morgan fingerprint density at radius 3 is 1.10 bits per heavy atom. The van der Waals surface area contributed by atoms with Gasteiger partial charge in [-0.25, -0.2) is 33.8 Å². The third-order valence-corrected chi connectivity index (χ3v) is 16.6. The molecule has 438 valence electrons. The Bertz CT molecular complexity index is 4190. The van der Waals surface area contributed by atoms with Crippen LogP contribution in [0.3, 0.4) is 0 Å². The number of aryl methyl sites for hydroxylation is 2. The molecule has 7 heterocycles. The van der Waals surface area contributed by atoms with E-state index in [0.29, 0.717) is 41.4 Å². The molecular weight excluding hydrogens is 1230 g/mol. The number of nitrogens with one attached hydrogen (secondary N) is 5. The lowest BCUT2D eigenvalue weighted by atomic mass is 10.1. The van der Waals surface area contributed by atoms with E-state index in [0.717, 1.165) is 110 Å². The fraction of sp³-hybridized carbons (Fsp3) is 0.100. The molecule has 1 aliphatic heterocycles. The molecule has 0 aliphatic carbocycles. The van der Waals surface area contributed by atoms with Gasteiger partial charge >= 0.3 is 5.97 Å². The summed E-state index contributed by atoms with van der Waals surface area (Å²) in [5.74, 6) is -2.41. The van der Waals surface area contributed by atoms with Crippen molar-refractivity contribution in [1.29, 1.82) is 0 Å². The van der Waals surface area contributed by atoms with Crippen LogP contribution in [0, 0.1) is 13.8 Å². The van der Waals surface area contributed by atoms with E-state index in [4.69, 9.17) is 9.84 Å². The maximum atomic E-state index is 12.8. The number of rotatable bonds is 15. The van der Waals surface area contributed by atoms with Gasteiger partial charge in [-0.05, 0) is 171 Å². The van der Waals surface area contributed by atoms with Crippen LogP contribution in [0.25, 0.3) is 17.1 Å². The van der Waals surface area contributed by atoms with E-state index in [1.54, 1.807) is 106 Å². The molecule has 5 aromatic carbocycles. The average molecular weight is 1290 g/mol. The van der Waals surface area contributed by atoms with Crippen LogP contribution in [0.2, 0.25) is 0 Å². The summed E-state index contributed by atoms with van der Waals surface area (Å²) in [5.41, 5.74) is 8.92. The van der Waals surface area contributed by atoms with Gasteiger partial charge in [0.2, 0.25) is 0 Å². The third kappa shape index (κ3) is 15.7. The zero-order chi connectivity index (χ0) is 60.8. The van der Waals surface area contributed by atoms with Crippen LogP contribution in [0.15, 0.2) is 188 Å². The standard InChI is InChI=1S/C25H24N6O3S.C21H16BrN5O2S.C14H10N4O3S/c1-17-14-20(30-10-12-34-13-11-30)6-7-21(17)29-25(33)23-9-8-22(35-23)24(32)28-18-2-4-19(5-3-18)31-16-26-15-27-31;1-13-10-14(22)2-7-17(13)26-21(29)19-9-8-18(30-19)20(28)25-15-3-5-16(6-4-15)27-12-23-11-24-27;19-13(11-5-6-12(22-11)14(20)21)17-9-1-3-10(4-2-9)18-8-15-7-16-18/h2-9,14-16H,10-13H2,1H3,(H,28,32)(H,29,33);2-12H,1H3,(H,25,28)(H,26,29);1-8H,(H,17,19)(H,20,21). The SMILES string of the molecule is Cc1cc(Br)ccc1NC(=O)c1ccc(C(=O)Nc2ccc(-n3cncn3)cc2)s1.Cc1cc(N2CCOCC2)ccc1NC(=O)c1ccc(C(=O)Nc2ccc(-n3cncn3)cc2)s1.O=C(O)c1ccc(C(=O)Nc2ccc(-n3cncn3)cc2)s1. The number of hydrogen-bond donors (Lipinski definition) is 6. The Morgan fingerprint density at radius 2 is 0.770 bits per heavy atom. The number of amides is 5. The number of nitrogens with zero attached hydrogens (tertiary/aromatic N) is 10. The summed E-state index contributed by atoms with van der Waals surface area (Å²) in [6.45, 7) is 7.05.